The number of fused-ring (bicyclic) bond motifs is 1. The number of primary amides is 1. The number of aromatic amines is 1. The highest BCUT2D eigenvalue weighted by molar-refractivity contribution is 6.00. The summed E-state index contributed by atoms with van der Waals surface area (Å²) in [6, 6.07) is 17.1. The number of aromatic nitrogens is 1. The SMILES string of the molecule is C#C[C@H](CCC(N)=O)NC(=O)[C@H](Cc1ccccc1)NC(=O)c1cc2ccccc2[nH]1. The van der Waals surface area contributed by atoms with E-state index in [1.54, 1.807) is 6.07 Å². The van der Waals surface area contributed by atoms with Crippen LogP contribution in [0.5, 0.6) is 0 Å². The fourth-order valence-electron chi connectivity index (χ4n) is 3.25. The number of nitrogens with two attached hydrogens (primary N) is 1. The number of terminal acetylenes is 1. The van der Waals surface area contributed by atoms with Gasteiger partial charge in [-0.05, 0) is 24.1 Å². The molecule has 0 unspecified atom stereocenters. The molecule has 0 spiro atoms. The molecule has 7 nitrogen and oxygen atoms in total. The second kappa shape index (κ2) is 10.1. The fourth-order valence-corrected chi connectivity index (χ4v) is 3.25. The Labute approximate surface area is 180 Å². The molecule has 0 fully saturated rings. The van der Waals surface area contributed by atoms with Crippen molar-refractivity contribution in [3.63, 3.8) is 0 Å². The summed E-state index contributed by atoms with van der Waals surface area (Å²) in [5.41, 5.74) is 7.24. The van der Waals surface area contributed by atoms with Gasteiger partial charge in [0.1, 0.15) is 11.7 Å². The minimum Gasteiger partial charge on any atom is -0.370 e. The number of hydrogen-bond donors (Lipinski definition) is 4. The van der Waals surface area contributed by atoms with Crippen LogP contribution in [0.2, 0.25) is 0 Å². The van der Waals surface area contributed by atoms with Crippen molar-refractivity contribution in [3.8, 4) is 12.3 Å². The summed E-state index contributed by atoms with van der Waals surface area (Å²) in [5.74, 6) is 1.12. The maximum atomic E-state index is 13.0. The molecular weight excluding hydrogens is 392 g/mol. The highest BCUT2D eigenvalue weighted by atomic mass is 16.2. The van der Waals surface area contributed by atoms with Crippen molar-refractivity contribution in [1.29, 1.82) is 0 Å². The Balaban J connectivity index is 1.76. The lowest BCUT2D eigenvalue weighted by Crippen LogP contribution is -2.50. The minimum atomic E-state index is -0.856. The van der Waals surface area contributed by atoms with Crippen molar-refractivity contribution in [3.05, 3.63) is 71.9 Å². The molecule has 31 heavy (non-hydrogen) atoms. The molecule has 1 heterocycles. The molecule has 3 rings (SSSR count). The Hall–Kier alpha value is -4.05. The summed E-state index contributed by atoms with van der Waals surface area (Å²) in [6.45, 7) is 0. The molecule has 3 amide bonds. The highest BCUT2D eigenvalue weighted by Gasteiger charge is 2.24. The Morgan fingerprint density at radius 3 is 2.42 bits per heavy atom. The lowest BCUT2D eigenvalue weighted by atomic mass is 10.0. The summed E-state index contributed by atoms with van der Waals surface area (Å²) < 4.78 is 0. The molecule has 2 atom stereocenters. The Morgan fingerprint density at radius 1 is 1.03 bits per heavy atom. The van der Waals surface area contributed by atoms with Crippen molar-refractivity contribution in [2.24, 2.45) is 5.73 Å². The molecule has 0 aliphatic heterocycles. The number of nitrogens with one attached hydrogen (secondary N) is 3. The number of rotatable bonds is 9. The second-order valence-electron chi connectivity index (χ2n) is 7.22. The molecule has 0 saturated carbocycles. The van der Waals surface area contributed by atoms with E-state index in [-0.39, 0.29) is 19.3 Å². The average Bonchev–Trinajstić information content (AvgIpc) is 3.21. The van der Waals surface area contributed by atoms with Crippen molar-refractivity contribution in [1.82, 2.24) is 15.6 Å². The van der Waals surface area contributed by atoms with Gasteiger partial charge in [0.25, 0.3) is 5.91 Å². The summed E-state index contributed by atoms with van der Waals surface area (Å²) in [5, 5.41) is 6.41. The van der Waals surface area contributed by atoms with Crippen LogP contribution in [0.15, 0.2) is 60.7 Å². The third-order valence-corrected chi connectivity index (χ3v) is 4.88. The van der Waals surface area contributed by atoms with Crippen molar-refractivity contribution < 1.29 is 14.4 Å². The fraction of sp³-hybridized carbons (Fsp3) is 0.208. The Bertz CT molecular complexity index is 1080. The van der Waals surface area contributed by atoms with Gasteiger partial charge in [0, 0.05) is 23.7 Å². The Morgan fingerprint density at radius 2 is 1.74 bits per heavy atom. The molecule has 0 aliphatic carbocycles. The maximum absolute atomic E-state index is 13.0. The summed E-state index contributed by atoms with van der Waals surface area (Å²) in [7, 11) is 0. The van der Waals surface area contributed by atoms with E-state index in [0.717, 1.165) is 16.5 Å². The van der Waals surface area contributed by atoms with Crippen molar-refractivity contribution >= 4 is 28.6 Å². The van der Waals surface area contributed by atoms with E-state index < -0.39 is 29.8 Å². The van der Waals surface area contributed by atoms with Crippen molar-refractivity contribution in [2.75, 3.05) is 0 Å². The van der Waals surface area contributed by atoms with Crippen LogP contribution >= 0.6 is 0 Å². The van der Waals surface area contributed by atoms with Crippen LogP contribution in [0.3, 0.4) is 0 Å². The van der Waals surface area contributed by atoms with E-state index >= 15 is 0 Å². The minimum absolute atomic E-state index is 0.0555. The molecule has 0 saturated heterocycles. The molecule has 2 aromatic carbocycles. The molecule has 5 N–H and O–H groups in total. The van der Waals surface area contributed by atoms with Gasteiger partial charge in [-0.25, -0.2) is 0 Å². The number of benzene rings is 2. The first kappa shape index (κ1) is 21.7. The largest absolute Gasteiger partial charge is 0.370 e. The third-order valence-electron chi connectivity index (χ3n) is 4.88. The lowest BCUT2D eigenvalue weighted by Gasteiger charge is -2.21. The van der Waals surface area contributed by atoms with Gasteiger partial charge in [-0.3, -0.25) is 14.4 Å². The summed E-state index contributed by atoms with van der Waals surface area (Å²) in [4.78, 5) is 39.9. The average molecular weight is 416 g/mol. The number of carbonyl (C=O) groups excluding carboxylic acids is 3. The van der Waals surface area contributed by atoms with E-state index in [1.165, 1.54) is 0 Å². The van der Waals surface area contributed by atoms with Crippen LogP contribution in [-0.2, 0) is 16.0 Å². The van der Waals surface area contributed by atoms with Gasteiger partial charge in [0.05, 0.1) is 6.04 Å². The summed E-state index contributed by atoms with van der Waals surface area (Å²) >= 11 is 0. The van der Waals surface area contributed by atoms with E-state index in [4.69, 9.17) is 12.2 Å². The number of hydrogen-bond acceptors (Lipinski definition) is 3. The molecule has 3 aromatic rings. The zero-order valence-electron chi connectivity index (χ0n) is 16.9. The van der Waals surface area contributed by atoms with E-state index in [0.29, 0.717) is 5.69 Å². The van der Waals surface area contributed by atoms with Crippen LogP contribution in [0.4, 0.5) is 0 Å². The van der Waals surface area contributed by atoms with Gasteiger partial charge >= 0.3 is 0 Å². The van der Waals surface area contributed by atoms with E-state index in [1.807, 2.05) is 54.6 Å². The predicted molar refractivity (Wildman–Crippen MR) is 119 cm³/mol. The van der Waals surface area contributed by atoms with Crippen LogP contribution < -0.4 is 16.4 Å². The maximum Gasteiger partial charge on any atom is 0.268 e. The number of carbonyl (C=O) groups is 3. The van der Waals surface area contributed by atoms with Crippen LogP contribution in [0.1, 0.15) is 28.9 Å². The molecule has 1 aromatic heterocycles. The number of H-pyrrole nitrogens is 1. The van der Waals surface area contributed by atoms with Gasteiger partial charge in [-0.2, -0.15) is 0 Å². The smallest absolute Gasteiger partial charge is 0.268 e. The zero-order valence-corrected chi connectivity index (χ0v) is 16.9. The molecule has 0 bridgehead atoms. The van der Waals surface area contributed by atoms with Crippen LogP contribution in [-0.4, -0.2) is 34.8 Å². The van der Waals surface area contributed by atoms with Gasteiger partial charge in [0.15, 0.2) is 0 Å². The van der Waals surface area contributed by atoms with Gasteiger partial charge in [0.2, 0.25) is 11.8 Å². The predicted octanol–water partition coefficient (Wildman–Crippen LogP) is 1.89. The van der Waals surface area contributed by atoms with E-state index in [2.05, 4.69) is 21.5 Å². The summed E-state index contributed by atoms with van der Waals surface area (Å²) in [6.07, 6.45) is 6.05. The number of amides is 3. The van der Waals surface area contributed by atoms with Crippen LogP contribution in [0.25, 0.3) is 10.9 Å². The molecule has 0 radical (unpaired) electrons. The van der Waals surface area contributed by atoms with Crippen molar-refractivity contribution in [2.45, 2.75) is 31.3 Å². The zero-order chi connectivity index (χ0) is 22.2. The third kappa shape index (κ3) is 5.97. The molecule has 7 heteroatoms. The number of para-hydroxylation sites is 1. The van der Waals surface area contributed by atoms with E-state index in [9.17, 15) is 14.4 Å². The van der Waals surface area contributed by atoms with Gasteiger partial charge < -0.3 is 21.4 Å². The second-order valence-corrected chi connectivity index (χ2v) is 7.22. The highest BCUT2D eigenvalue weighted by Crippen LogP contribution is 2.15. The van der Waals surface area contributed by atoms with Crippen LogP contribution in [0, 0.1) is 12.3 Å². The topological polar surface area (TPSA) is 117 Å². The lowest BCUT2D eigenvalue weighted by molar-refractivity contribution is -0.124. The van der Waals surface area contributed by atoms with Gasteiger partial charge in [-0.1, -0.05) is 54.5 Å². The first-order valence-corrected chi connectivity index (χ1v) is 9.93. The standard InChI is InChI=1S/C24H24N4O3/c1-2-18(12-13-22(25)29)26-23(30)20(14-16-8-4-3-5-9-16)28-24(31)21-15-17-10-6-7-11-19(17)27-21/h1,3-11,15,18,20,27H,12-14H2,(H2,25,29)(H,26,30)(H,28,31)/t18-,20+/m1/s1. The molecule has 0 aliphatic rings. The normalized spacial score (nSPS) is 12.5. The monoisotopic (exact) mass is 416 g/mol. The molecular formula is C24H24N4O3. The quantitative estimate of drug-likeness (QED) is 0.399. The first-order valence-electron chi connectivity index (χ1n) is 9.93. The Kier molecular flexibility index (Phi) is 7.07. The first-order chi connectivity index (χ1) is 15.0. The van der Waals surface area contributed by atoms with Gasteiger partial charge in [-0.15, -0.1) is 6.42 Å². The molecule has 158 valence electrons.